The van der Waals surface area contributed by atoms with Gasteiger partial charge in [-0.3, -0.25) is 4.79 Å². The molecule has 1 amide bonds. The van der Waals surface area contributed by atoms with E-state index in [0.717, 1.165) is 12.0 Å². The van der Waals surface area contributed by atoms with E-state index >= 15 is 0 Å². The Morgan fingerprint density at radius 2 is 2.32 bits per heavy atom. The number of amides is 1. The number of aliphatic carboxylic acids is 1. The molecule has 0 aliphatic carbocycles. The van der Waals surface area contributed by atoms with Crippen molar-refractivity contribution >= 4 is 23.2 Å². The van der Waals surface area contributed by atoms with E-state index in [9.17, 15) is 14.7 Å². The second-order valence-corrected chi connectivity index (χ2v) is 5.76. The van der Waals surface area contributed by atoms with Gasteiger partial charge in [0.15, 0.2) is 0 Å². The monoisotopic (exact) mass is 283 g/mol. The zero-order chi connectivity index (χ0) is 14.0. The Balaban J connectivity index is 2.28. The Labute approximate surface area is 115 Å². The molecule has 19 heavy (non-hydrogen) atoms. The molecular weight excluding hydrogens is 266 g/mol. The molecular formula is C13H17NO4S. The van der Waals surface area contributed by atoms with Gasteiger partial charge in [0, 0.05) is 19.2 Å². The number of rotatable bonds is 4. The highest BCUT2D eigenvalue weighted by molar-refractivity contribution is 7.12. The molecule has 1 aliphatic rings. The Kier molecular flexibility index (Phi) is 3.91. The van der Waals surface area contributed by atoms with Crippen LogP contribution in [0.3, 0.4) is 0 Å². The Bertz CT molecular complexity index is 499. The number of thiophene rings is 1. The van der Waals surface area contributed by atoms with E-state index in [0.29, 0.717) is 24.4 Å². The fourth-order valence-electron chi connectivity index (χ4n) is 2.43. The van der Waals surface area contributed by atoms with Crippen LogP contribution in [0.2, 0.25) is 0 Å². The number of ether oxygens (including phenoxy) is 1. The summed E-state index contributed by atoms with van der Waals surface area (Å²) in [5.74, 6) is -1.15. The zero-order valence-electron chi connectivity index (χ0n) is 11.0. The minimum absolute atomic E-state index is 0.204. The van der Waals surface area contributed by atoms with E-state index in [-0.39, 0.29) is 5.91 Å². The van der Waals surface area contributed by atoms with Gasteiger partial charge in [0.1, 0.15) is 5.54 Å². The van der Waals surface area contributed by atoms with Gasteiger partial charge >= 0.3 is 5.97 Å². The van der Waals surface area contributed by atoms with Crippen LogP contribution in [0, 0.1) is 0 Å². The first-order valence-electron chi connectivity index (χ1n) is 6.11. The molecule has 1 aromatic heterocycles. The lowest BCUT2D eigenvalue weighted by Crippen LogP contribution is -2.50. The molecule has 0 radical (unpaired) electrons. The van der Waals surface area contributed by atoms with Gasteiger partial charge in [0.2, 0.25) is 0 Å². The van der Waals surface area contributed by atoms with E-state index in [1.807, 2.05) is 11.4 Å². The third kappa shape index (κ3) is 2.37. The van der Waals surface area contributed by atoms with Gasteiger partial charge in [-0.15, -0.1) is 11.3 Å². The van der Waals surface area contributed by atoms with Gasteiger partial charge < -0.3 is 14.7 Å². The molecule has 1 saturated heterocycles. The van der Waals surface area contributed by atoms with Crippen LogP contribution in [-0.4, -0.2) is 41.1 Å². The highest BCUT2D eigenvalue weighted by Crippen LogP contribution is 2.32. The number of carbonyl (C=O) groups excluding carboxylic acids is 1. The minimum atomic E-state index is -1.09. The standard InChI is InChI=1S/C13H17NO4S/c1-13(12(16)17)5-3-6-14(13)11(15)10-9(8-18-2)4-7-19-10/h4,7H,3,5-6,8H2,1-2H3,(H,16,17). The van der Waals surface area contributed by atoms with Crippen molar-refractivity contribution in [1.82, 2.24) is 4.90 Å². The van der Waals surface area contributed by atoms with Gasteiger partial charge in [-0.25, -0.2) is 4.79 Å². The van der Waals surface area contributed by atoms with Crippen molar-refractivity contribution in [3.63, 3.8) is 0 Å². The third-order valence-electron chi connectivity index (χ3n) is 3.59. The molecule has 1 N–H and O–H groups in total. The molecule has 1 atom stereocenters. The third-order valence-corrected chi connectivity index (χ3v) is 4.53. The summed E-state index contributed by atoms with van der Waals surface area (Å²) >= 11 is 1.33. The van der Waals surface area contributed by atoms with Crippen LogP contribution in [0.5, 0.6) is 0 Å². The van der Waals surface area contributed by atoms with Gasteiger partial charge in [-0.1, -0.05) is 0 Å². The summed E-state index contributed by atoms with van der Waals surface area (Å²) in [7, 11) is 1.57. The second kappa shape index (κ2) is 5.30. The summed E-state index contributed by atoms with van der Waals surface area (Å²) in [6, 6.07) is 1.84. The number of carboxylic acid groups (broad SMARTS) is 1. The predicted octanol–water partition coefficient (Wildman–Crippen LogP) is 1.97. The van der Waals surface area contributed by atoms with Crippen molar-refractivity contribution < 1.29 is 19.4 Å². The number of methoxy groups -OCH3 is 1. The smallest absolute Gasteiger partial charge is 0.329 e. The molecule has 2 heterocycles. The topological polar surface area (TPSA) is 66.8 Å². The molecule has 1 aliphatic heterocycles. The van der Waals surface area contributed by atoms with Crippen molar-refractivity contribution in [3.05, 3.63) is 21.9 Å². The normalized spacial score (nSPS) is 22.7. The SMILES string of the molecule is COCc1ccsc1C(=O)N1CCCC1(C)C(=O)O. The Morgan fingerprint density at radius 3 is 2.95 bits per heavy atom. The van der Waals surface area contributed by atoms with Crippen LogP contribution >= 0.6 is 11.3 Å². The number of carbonyl (C=O) groups is 2. The number of carboxylic acids is 1. The lowest BCUT2D eigenvalue weighted by atomic mass is 9.99. The van der Waals surface area contributed by atoms with E-state index < -0.39 is 11.5 Å². The predicted molar refractivity (Wildman–Crippen MR) is 71.3 cm³/mol. The number of hydrogen-bond acceptors (Lipinski definition) is 4. The quantitative estimate of drug-likeness (QED) is 0.917. The van der Waals surface area contributed by atoms with Gasteiger partial charge in [-0.2, -0.15) is 0 Å². The van der Waals surface area contributed by atoms with Crippen LogP contribution in [0.25, 0.3) is 0 Å². The van der Waals surface area contributed by atoms with E-state index in [1.54, 1.807) is 14.0 Å². The highest BCUT2D eigenvalue weighted by Gasteiger charge is 2.46. The first-order chi connectivity index (χ1) is 9.00. The first-order valence-corrected chi connectivity index (χ1v) is 6.99. The van der Waals surface area contributed by atoms with Crippen LogP contribution in [0.15, 0.2) is 11.4 Å². The number of likely N-dealkylation sites (tertiary alicyclic amines) is 1. The summed E-state index contributed by atoms with van der Waals surface area (Å²) in [5, 5.41) is 11.2. The average molecular weight is 283 g/mol. The molecule has 1 fully saturated rings. The van der Waals surface area contributed by atoms with E-state index in [2.05, 4.69) is 0 Å². The summed E-state index contributed by atoms with van der Waals surface area (Å²) in [6.07, 6.45) is 1.22. The zero-order valence-corrected chi connectivity index (χ0v) is 11.8. The molecule has 2 rings (SSSR count). The van der Waals surface area contributed by atoms with Gasteiger partial charge in [-0.05, 0) is 31.2 Å². The fourth-order valence-corrected chi connectivity index (χ4v) is 3.28. The molecule has 1 unspecified atom stereocenters. The maximum Gasteiger partial charge on any atom is 0.329 e. The second-order valence-electron chi connectivity index (χ2n) is 4.85. The average Bonchev–Trinajstić information content (AvgIpc) is 2.96. The first kappa shape index (κ1) is 14.0. The number of hydrogen-bond donors (Lipinski definition) is 1. The van der Waals surface area contributed by atoms with Crippen molar-refractivity contribution in [2.75, 3.05) is 13.7 Å². The van der Waals surface area contributed by atoms with Gasteiger partial charge in [0.25, 0.3) is 5.91 Å². The molecule has 0 saturated carbocycles. The van der Waals surface area contributed by atoms with E-state index in [4.69, 9.17) is 4.74 Å². The summed E-state index contributed by atoms with van der Waals surface area (Å²) in [5.41, 5.74) is -0.275. The van der Waals surface area contributed by atoms with E-state index in [1.165, 1.54) is 16.2 Å². The van der Waals surface area contributed by atoms with Crippen LogP contribution < -0.4 is 0 Å². The summed E-state index contributed by atoms with van der Waals surface area (Å²) in [4.78, 5) is 26.0. The maximum atomic E-state index is 12.5. The van der Waals surface area contributed by atoms with Gasteiger partial charge in [0.05, 0.1) is 11.5 Å². The molecule has 6 heteroatoms. The largest absolute Gasteiger partial charge is 0.480 e. The van der Waals surface area contributed by atoms with Crippen LogP contribution in [0.4, 0.5) is 0 Å². The fraction of sp³-hybridized carbons (Fsp3) is 0.538. The van der Waals surface area contributed by atoms with Crippen molar-refractivity contribution in [3.8, 4) is 0 Å². The van der Waals surface area contributed by atoms with Crippen molar-refractivity contribution in [2.45, 2.75) is 31.9 Å². The maximum absolute atomic E-state index is 12.5. The van der Waals surface area contributed by atoms with Crippen molar-refractivity contribution in [2.24, 2.45) is 0 Å². The minimum Gasteiger partial charge on any atom is -0.480 e. The van der Waals surface area contributed by atoms with Crippen molar-refractivity contribution in [1.29, 1.82) is 0 Å². The Morgan fingerprint density at radius 1 is 1.58 bits per heavy atom. The Hall–Kier alpha value is -1.40. The molecule has 0 aromatic carbocycles. The molecule has 0 spiro atoms. The highest BCUT2D eigenvalue weighted by atomic mass is 32.1. The van der Waals surface area contributed by atoms with Crippen LogP contribution in [-0.2, 0) is 16.1 Å². The lowest BCUT2D eigenvalue weighted by Gasteiger charge is -2.31. The summed E-state index contributed by atoms with van der Waals surface area (Å²) in [6.45, 7) is 2.47. The van der Waals surface area contributed by atoms with Crippen LogP contribution in [0.1, 0.15) is 35.0 Å². The number of nitrogens with zero attached hydrogens (tertiary/aromatic N) is 1. The molecule has 0 bridgehead atoms. The summed E-state index contributed by atoms with van der Waals surface area (Å²) < 4.78 is 5.06. The lowest BCUT2D eigenvalue weighted by molar-refractivity contribution is -0.147. The molecule has 1 aromatic rings. The molecule has 5 nitrogen and oxygen atoms in total. The molecule has 104 valence electrons.